The zero-order chi connectivity index (χ0) is 20.6. The van der Waals surface area contributed by atoms with Crippen LogP contribution in [0.1, 0.15) is 49.0 Å². The Morgan fingerprint density at radius 1 is 1.14 bits per heavy atom. The van der Waals surface area contributed by atoms with Crippen LogP contribution in [0.3, 0.4) is 0 Å². The van der Waals surface area contributed by atoms with Crippen molar-refractivity contribution in [2.45, 2.75) is 50.0 Å². The highest BCUT2D eigenvalue weighted by molar-refractivity contribution is 7.92. The maximum absolute atomic E-state index is 12.8. The zero-order valence-corrected chi connectivity index (χ0v) is 17.7. The molecule has 1 aliphatic heterocycles. The Hall–Kier alpha value is -2.54. The van der Waals surface area contributed by atoms with E-state index in [0.717, 1.165) is 50.0 Å². The van der Waals surface area contributed by atoms with E-state index in [-0.39, 0.29) is 16.3 Å². The molecular formula is C22H27N3O3S. The summed E-state index contributed by atoms with van der Waals surface area (Å²) in [6, 6.07) is 11.8. The molecule has 0 atom stereocenters. The van der Waals surface area contributed by atoms with Crippen LogP contribution in [0.5, 0.6) is 0 Å². The average Bonchev–Trinajstić information content (AvgIpc) is 3.09. The molecule has 4 rings (SSSR count). The van der Waals surface area contributed by atoms with Gasteiger partial charge in [0.05, 0.1) is 4.90 Å². The van der Waals surface area contributed by atoms with E-state index in [9.17, 15) is 13.2 Å². The zero-order valence-electron chi connectivity index (χ0n) is 16.9. The van der Waals surface area contributed by atoms with Gasteiger partial charge in [-0.05, 0) is 87.6 Å². The summed E-state index contributed by atoms with van der Waals surface area (Å²) in [7, 11) is -3.68. The van der Waals surface area contributed by atoms with E-state index >= 15 is 0 Å². The predicted molar refractivity (Wildman–Crippen MR) is 115 cm³/mol. The molecule has 0 radical (unpaired) electrons. The standard InChI is InChI=1S/C22H27N3O3S/c1-3-25-14-11-17-15-19(9-10-20(17)25)29(27,28)24-18-7-5-16(6-8-18)21(26)23-22(2)12-4-13-22/h5-10,15,24H,3-4,11-14H2,1-2H3,(H,23,26). The van der Waals surface area contributed by atoms with Gasteiger partial charge in [-0.2, -0.15) is 0 Å². The lowest BCUT2D eigenvalue weighted by molar-refractivity contribution is 0.0850. The summed E-state index contributed by atoms with van der Waals surface area (Å²) in [6.45, 7) is 5.98. The van der Waals surface area contributed by atoms with E-state index in [4.69, 9.17) is 0 Å². The number of likely N-dealkylation sites (N-methyl/N-ethyl adjacent to an activating group) is 1. The summed E-state index contributed by atoms with van der Waals surface area (Å²) in [4.78, 5) is 14.9. The average molecular weight is 414 g/mol. The summed E-state index contributed by atoms with van der Waals surface area (Å²) < 4.78 is 28.2. The van der Waals surface area contributed by atoms with Gasteiger partial charge >= 0.3 is 0 Å². The van der Waals surface area contributed by atoms with Crippen LogP contribution in [0.15, 0.2) is 47.4 Å². The number of amides is 1. The molecule has 6 nitrogen and oxygen atoms in total. The van der Waals surface area contributed by atoms with Gasteiger partial charge < -0.3 is 10.2 Å². The highest BCUT2D eigenvalue weighted by atomic mass is 32.2. The SMILES string of the molecule is CCN1CCc2cc(S(=O)(=O)Nc3ccc(C(=O)NC4(C)CCC4)cc3)ccc21. The van der Waals surface area contributed by atoms with Crippen LogP contribution in [0.4, 0.5) is 11.4 Å². The molecule has 1 amide bonds. The lowest BCUT2D eigenvalue weighted by atomic mass is 9.78. The van der Waals surface area contributed by atoms with Gasteiger partial charge in [0.15, 0.2) is 0 Å². The van der Waals surface area contributed by atoms with E-state index in [0.29, 0.717) is 11.3 Å². The fraction of sp³-hybridized carbons (Fsp3) is 0.409. The smallest absolute Gasteiger partial charge is 0.261 e. The molecule has 0 bridgehead atoms. The van der Waals surface area contributed by atoms with Crippen molar-refractivity contribution in [1.29, 1.82) is 0 Å². The number of carbonyl (C=O) groups excluding carboxylic acids is 1. The van der Waals surface area contributed by atoms with Gasteiger partial charge in [-0.1, -0.05) is 0 Å². The number of hydrogen-bond acceptors (Lipinski definition) is 4. The molecule has 1 saturated carbocycles. The second-order valence-electron chi connectivity index (χ2n) is 8.17. The molecule has 0 saturated heterocycles. The fourth-order valence-corrected chi connectivity index (χ4v) is 5.13. The number of anilines is 2. The monoisotopic (exact) mass is 413 g/mol. The van der Waals surface area contributed by atoms with Crippen LogP contribution in [0.25, 0.3) is 0 Å². The van der Waals surface area contributed by atoms with Crippen LogP contribution < -0.4 is 14.9 Å². The van der Waals surface area contributed by atoms with Crippen LogP contribution in [0, 0.1) is 0 Å². The van der Waals surface area contributed by atoms with Gasteiger partial charge in [0.1, 0.15) is 0 Å². The van der Waals surface area contributed by atoms with E-state index in [1.54, 1.807) is 36.4 Å². The number of nitrogens with one attached hydrogen (secondary N) is 2. The molecule has 2 aromatic carbocycles. The van der Waals surface area contributed by atoms with E-state index in [1.807, 2.05) is 13.0 Å². The Balaban J connectivity index is 1.46. The summed E-state index contributed by atoms with van der Waals surface area (Å²) in [6.07, 6.45) is 3.98. The highest BCUT2D eigenvalue weighted by Gasteiger charge is 2.33. The molecule has 154 valence electrons. The number of sulfonamides is 1. The quantitative estimate of drug-likeness (QED) is 0.759. The first-order valence-electron chi connectivity index (χ1n) is 10.1. The maximum atomic E-state index is 12.8. The minimum atomic E-state index is -3.68. The molecule has 0 aromatic heterocycles. The van der Waals surface area contributed by atoms with Gasteiger partial charge in [-0.15, -0.1) is 0 Å². The second-order valence-corrected chi connectivity index (χ2v) is 9.85. The number of nitrogens with zero attached hydrogens (tertiary/aromatic N) is 1. The summed E-state index contributed by atoms with van der Waals surface area (Å²) >= 11 is 0. The van der Waals surface area contributed by atoms with Crippen molar-refractivity contribution in [2.75, 3.05) is 22.7 Å². The number of rotatable bonds is 6. The van der Waals surface area contributed by atoms with Crippen molar-refractivity contribution >= 4 is 27.3 Å². The number of fused-ring (bicyclic) bond motifs is 1. The third-order valence-corrected chi connectivity index (χ3v) is 7.39. The minimum Gasteiger partial charge on any atom is -0.371 e. The molecular weight excluding hydrogens is 386 g/mol. The van der Waals surface area contributed by atoms with E-state index < -0.39 is 10.0 Å². The Morgan fingerprint density at radius 2 is 1.86 bits per heavy atom. The van der Waals surface area contributed by atoms with Gasteiger partial charge in [0, 0.05) is 35.6 Å². The first-order valence-corrected chi connectivity index (χ1v) is 11.6. The summed E-state index contributed by atoms with van der Waals surface area (Å²) in [5.41, 5.74) is 3.02. The Labute approximate surface area is 172 Å². The number of hydrogen-bond donors (Lipinski definition) is 2. The van der Waals surface area contributed by atoms with E-state index in [2.05, 4.69) is 21.9 Å². The van der Waals surface area contributed by atoms with Crippen molar-refractivity contribution in [1.82, 2.24) is 5.32 Å². The topological polar surface area (TPSA) is 78.5 Å². The molecule has 1 heterocycles. The lowest BCUT2D eigenvalue weighted by Gasteiger charge is -2.39. The van der Waals surface area contributed by atoms with Gasteiger partial charge in [-0.3, -0.25) is 9.52 Å². The molecule has 2 aliphatic rings. The molecule has 2 aromatic rings. The molecule has 2 N–H and O–H groups in total. The largest absolute Gasteiger partial charge is 0.371 e. The van der Waals surface area contributed by atoms with Crippen LogP contribution in [-0.2, 0) is 16.4 Å². The van der Waals surface area contributed by atoms with Gasteiger partial charge in [0.25, 0.3) is 15.9 Å². The Morgan fingerprint density at radius 3 is 2.48 bits per heavy atom. The minimum absolute atomic E-state index is 0.113. The van der Waals surface area contributed by atoms with Crippen molar-refractivity contribution in [3.05, 3.63) is 53.6 Å². The van der Waals surface area contributed by atoms with Crippen LogP contribution in [-0.4, -0.2) is 33.0 Å². The molecule has 7 heteroatoms. The van der Waals surface area contributed by atoms with Gasteiger partial charge in [-0.25, -0.2) is 8.42 Å². The molecule has 1 aliphatic carbocycles. The first kappa shape index (κ1) is 19.8. The number of carbonyl (C=O) groups is 1. The maximum Gasteiger partial charge on any atom is 0.261 e. The molecule has 0 spiro atoms. The van der Waals surface area contributed by atoms with Crippen molar-refractivity contribution in [3.63, 3.8) is 0 Å². The molecule has 0 unspecified atom stereocenters. The van der Waals surface area contributed by atoms with Crippen molar-refractivity contribution in [2.24, 2.45) is 0 Å². The second kappa shape index (κ2) is 7.37. The number of benzene rings is 2. The molecule has 29 heavy (non-hydrogen) atoms. The van der Waals surface area contributed by atoms with Crippen LogP contribution in [0.2, 0.25) is 0 Å². The van der Waals surface area contributed by atoms with Crippen LogP contribution >= 0.6 is 0 Å². The summed E-state index contributed by atoms with van der Waals surface area (Å²) in [5, 5.41) is 3.05. The summed E-state index contributed by atoms with van der Waals surface area (Å²) in [5.74, 6) is -0.124. The lowest BCUT2D eigenvalue weighted by Crippen LogP contribution is -2.50. The van der Waals surface area contributed by atoms with Crippen molar-refractivity contribution in [3.8, 4) is 0 Å². The van der Waals surface area contributed by atoms with Crippen molar-refractivity contribution < 1.29 is 13.2 Å². The highest BCUT2D eigenvalue weighted by Crippen LogP contribution is 2.32. The Bertz CT molecular complexity index is 1030. The fourth-order valence-electron chi connectivity index (χ4n) is 4.02. The van der Waals surface area contributed by atoms with E-state index in [1.165, 1.54) is 0 Å². The Kier molecular flexibility index (Phi) is 5.02. The van der Waals surface area contributed by atoms with Gasteiger partial charge in [0.2, 0.25) is 0 Å². The molecule has 1 fully saturated rings. The predicted octanol–water partition coefficient (Wildman–Crippen LogP) is 3.54. The third kappa shape index (κ3) is 3.96. The first-order chi connectivity index (χ1) is 13.8. The third-order valence-electron chi connectivity index (χ3n) is 6.01. The normalized spacial score (nSPS) is 17.4.